The van der Waals surface area contributed by atoms with E-state index < -0.39 is 5.97 Å². The molecule has 1 heterocycles. The molecule has 0 atom stereocenters. The first-order valence-electron chi connectivity index (χ1n) is 6.15. The molecule has 0 saturated carbocycles. The molecule has 0 aliphatic rings. The summed E-state index contributed by atoms with van der Waals surface area (Å²) in [6.07, 6.45) is 0.842. The third kappa shape index (κ3) is 4.24. The van der Waals surface area contributed by atoms with Gasteiger partial charge in [-0.1, -0.05) is 6.92 Å². The largest absolute Gasteiger partial charge is 0.478 e. The molecule has 0 aliphatic heterocycles. The average molecular weight is 265 g/mol. The van der Waals surface area contributed by atoms with Crippen molar-refractivity contribution >= 4 is 17.7 Å². The lowest BCUT2D eigenvalue weighted by Crippen LogP contribution is -2.36. The maximum atomic E-state index is 11.5. The second kappa shape index (κ2) is 6.72. The molecule has 1 amide bonds. The minimum atomic E-state index is -0.997. The van der Waals surface area contributed by atoms with Crippen LogP contribution in [0.25, 0.3) is 0 Å². The molecule has 0 bridgehead atoms. The second-order valence-corrected chi connectivity index (χ2v) is 4.26. The van der Waals surface area contributed by atoms with Crippen molar-refractivity contribution in [3.63, 3.8) is 0 Å². The fraction of sp³-hybridized carbons (Fsp3) is 0.462. The molecule has 0 spiro atoms. The van der Waals surface area contributed by atoms with Crippen molar-refractivity contribution in [2.24, 2.45) is 0 Å². The van der Waals surface area contributed by atoms with Crippen LogP contribution in [0.5, 0.6) is 0 Å². The third-order valence-corrected chi connectivity index (χ3v) is 2.62. The fourth-order valence-electron chi connectivity index (χ4n) is 1.73. The summed E-state index contributed by atoms with van der Waals surface area (Å²) in [5.74, 6) is -0.611. The van der Waals surface area contributed by atoms with Gasteiger partial charge in [-0.15, -0.1) is 0 Å². The average Bonchev–Trinajstić information content (AvgIpc) is 2.37. The summed E-state index contributed by atoms with van der Waals surface area (Å²) >= 11 is 0. The van der Waals surface area contributed by atoms with Crippen LogP contribution in [0.2, 0.25) is 0 Å². The number of carbonyl (C=O) groups excluding carboxylic acids is 1. The van der Waals surface area contributed by atoms with Crippen LogP contribution in [-0.2, 0) is 4.79 Å². The Hall–Kier alpha value is -2.11. The topological polar surface area (TPSA) is 82.5 Å². The lowest BCUT2D eigenvalue weighted by atomic mass is 10.2. The predicted molar refractivity (Wildman–Crippen MR) is 72.5 cm³/mol. The minimum Gasteiger partial charge on any atom is -0.478 e. The molecule has 6 heteroatoms. The Labute approximate surface area is 112 Å². The van der Waals surface area contributed by atoms with Gasteiger partial charge in [0.15, 0.2) is 0 Å². The monoisotopic (exact) mass is 265 g/mol. The lowest BCUT2D eigenvalue weighted by Gasteiger charge is -2.22. The smallest absolute Gasteiger partial charge is 0.335 e. The summed E-state index contributed by atoms with van der Waals surface area (Å²) < 4.78 is 0. The number of pyridine rings is 1. The standard InChI is InChI=1S/C13H19N3O3/c1-4-5-16(8-12(17)14-3)11-7-10(13(18)19)6-9(2)15-11/h6-7H,4-5,8H2,1-3H3,(H,14,17)(H,18,19). The van der Waals surface area contributed by atoms with Gasteiger partial charge in [0.25, 0.3) is 0 Å². The first-order valence-corrected chi connectivity index (χ1v) is 6.15. The number of carboxylic acids is 1. The number of aryl methyl sites for hydroxylation is 1. The summed E-state index contributed by atoms with van der Waals surface area (Å²) in [6.45, 7) is 4.54. The maximum Gasteiger partial charge on any atom is 0.335 e. The first kappa shape index (κ1) is 14.9. The Balaban J connectivity index is 3.07. The van der Waals surface area contributed by atoms with Gasteiger partial charge in [0.2, 0.25) is 5.91 Å². The molecule has 0 unspecified atom stereocenters. The zero-order chi connectivity index (χ0) is 14.4. The molecule has 1 aromatic rings. The van der Waals surface area contributed by atoms with E-state index in [1.165, 1.54) is 12.1 Å². The lowest BCUT2D eigenvalue weighted by molar-refractivity contribution is -0.119. The fourth-order valence-corrected chi connectivity index (χ4v) is 1.73. The maximum absolute atomic E-state index is 11.5. The van der Waals surface area contributed by atoms with E-state index in [-0.39, 0.29) is 18.0 Å². The minimum absolute atomic E-state index is 0.131. The number of rotatable bonds is 6. The highest BCUT2D eigenvalue weighted by molar-refractivity contribution is 5.89. The molecule has 19 heavy (non-hydrogen) atoms. The van der Waals surface area contributed by atoms with Crippen LogP contribution < -0.4 is 10.2 Å². The van der Waals surface area contributed by atoms with E-state index in [4.69, 9.17) is 5.11 Å². The number of likely N-dealkylation sites (N-methyl/N-ethyl adjacent to an activating group) is 1. The normalized spacial score (nSPS) is 10.1. The van der Waals surface area contributed by atoms with Gasteiger partial charge in [0.1, 0.15) is 5.82 Å². The number of carbonyl (C=O) groups is 2. The zero-order valence-corrected chi connectivity index (χ0v) is 11.4. The van der Waals surface area contributed by atoms with Gasteiger partial charge in [-0.2, -0.15) is 0 Å². The molecule has 0 fully saturated rings. The first-order chi connectivity index (χ1) is 8.97. The summed E-state index contributed by atoms with van der Waals surface area (Å²) in [4.78, 5) is 28.6. The van der Waals surface area contributed by atoms with Crippen LogP contribution in [0.3, 0.4) is 0 Å². The van der Waals surface area contributed by atoms with Crippen LogP contribution in [0.1, 0.15) is 29.4 Å². The Morgan fingerprint density at radius 1 is 1.42 bits per heavy atom. The number of nitrogens with zero attached hydrogens (tertiary/aromatic N) is 2. The Kier molecular flexibility index (Phi) is 5.29. The van der Waals surface area contributed by atoms with Gasteiger partial charge < -0.3 is 15.3 Å². The Morgan fingerprint density at radius 3 is 2.63 bits per heavy atom. The zero-order valence-electron chi connectivity index (χ0n) is 11.4. The molecular formula is C13H19N3O3. The summed E-state index contributed by atoms with van der Waals surface area (Å²) in [5.41, 5.74) is 0.799. The highest BCUT2D eigenvalue weighted by Gasteiger charge is 2.14. The van der Waals surface area contributed by atoms with Crippen molar-refractivity contribution in [1.29, 1.82) is 0 Å². The Morgan fingerprint density at radius 2 is 2.11 bits per heavy atom. The van der Waals surface area contributed by atoms with Crippen molar-refractivity contribution in [3.05, 3.63) is 23.4 Å². The van der Waals surface area contributed by atoms with Crippen LogP contribution >= 0.6 is 0 Å². The molecule has 0 aromatic carbocycles. The van der Waals surface area contributed by atoms with Gasteiger partial charge in [0, 0.05) is 19.3 Å². The summed E-state index contributed by atoms with van der Waals surface area (Å²) in [5, 5.41) is 11.6. The van der Waals surface area contributed by atoms with Crippen LogP contribution in [0.15, 0.2) is 12.1 Å². The molecule has 1 aromatic heterocycles. The van der Waals surface area contributed by atoms with Crippen molar-refractivity contribution in [1.82, 2.24) is 10.3 Å². The van der Waals surface area contributed by atoms with E-state index in [1.54, 1.807) is 18.9 Å². The van der Waals surface area contributed by atoms with Gasteiger partial charge in [0.05, 0.1) is 12.1 Å². The molecule has 1 rings (SSSR count). The molecule has 0 aliphatic carbocycles. The van der Waals surface area contributed by atoms with Crippen molar-refractivity contribution in [3.8, 4) is 0 Å². The van der Waals surface area contributed by atoms with E-state index >= 15 is 0 Å². The number of hydrogen-bond donors (Lipinski definition) is 2. The Bertz CT molecular complexity index is 474. The quantitative estimate of drug-likeness (QED) is 0.803. The predicted octanol–water partition coefficient (Wildman–Crippen LogP) is 1.05. The van der Waals surface area contributed by atoms with Gasteiger partial charge in [-0.3, -0.25) is 4.79 Å². The van der Waals surface area contributed by atoms with Crippen LogP contribution in [-0.4, -0.2) is 42.1 Å². The third-order valence-electron chi connectivity index (χ3n) is 2.62. The molecule has 104 valence electrons. The summed E-state index contributed by atoms with van der Waals surface area (Å²) in [7, 11) is 1.57. The van der Waals surface area contributed by atoms with E-state index in [0.717, 1.165) is 6.42 Å². The number of aromatic nitrogens is 1. The number of anilines is 1. The van der Waals surface area contributed by atoms with Gasteiger partial charge in [-0.05, 0) is 25.5 Å². The van der Waals surface area contributed by atoms with Gasteiger partial charge in [-0.25, -0.2) is 9.78 Å². The molecule has 6 nitrogen and oxygen atoms in total. The second-order valence-electron chi connectivity index (χ2n) is 4.26. The van der Waals surface area contributed by atoms with Crippen molar-refractivity contribution in [2.45, 2.75) is 20.3 Å². The molecular weight excluding hydrogens is 246 g/mol. The van der Waals surface area contributed by atoms with Crippen molar-refractivity contribution in [2.75, 3.05) is 25.0 Å². The van der Waals surface area contributed by atoms with E-state index in [9.17, 15) is 9.59 Å². The van der Waals surface area contributed by atoms with E-state index in [1.807, 2.05) is 6.92 Å². The number of hydrogen-bond acceptors (Lipinski definition) is 4. The molecule has 0 saturated heterocycles. The van der Waals surface area contributed by atoms with E-state index in [0.29, 0.717) is 18.1 Å². The highest BCUT2D eigenvalue weighted by atomic mass is 16.4. The SMILES string of the molecule is CCCN(CC(=O)NC)c1cc(C(=O)O)cc(C)n1. The van der Waals surface area contributed by atoms with Gasteiger partial charge >= 0.3 is 5.97 Å². The number of carboxylic acid groups (broad SMARTS) is 1. The number of amides is 1. The van der Waals surface area contributed by atoms with Crippen LogP contribution in [0, 0.1) is 6.92 Å². The number of nitrogens with one attached hydrogen (secondary N) is 1. The molecule has 0 radical (unpaired) electrons. The number of aromatic carboxylic acids is 1. The van der Waals surface area contributed by atoms with E-state index in [2.05, 4.69) is 10.3 Å². The highest BCUT2D eigenvalue weighted by Crippen LogP contribution is 2.15. The molecule has 2 N–H and O–H groups in total. The summed E-state index contributed by atoms with van der Waals surface area (Å²) in [6, 6.07) is 3.00. The van der Waals surface area contributed by atoms with Crippen molar-refractivity contribution < 1.29 is 14.7 Å². The van der Waals surface area contributed by atoms with Crippen LogP contribution in [0.4, 0.5) is 5.82 Å².